The van der Waals surface area contributed by atoms with Crippen molar-refractivity contribution in [3.8, 4) is 0 Å². The van der Waals surface area contributed by atoms with Crippen LogP contribution in [0, 0.1) is 0 Å². The Labute approximate surface area is 141 Å². The fraction of sp³-hybridized carbons (Fsp3) is 0.375. The van der Waals surface area contributed by atoms with Gasteiger partial charge < -0.3 is 5.11 Å². The van der Waals surface area contributed by atoms with Crippen LogP contribution in [-0.4, -0.2) is 5.11 Å². The molecule has 20 heavy (non-hydrogen) atoms. The minimum atomic E-state index is -0.455. The molecule has 0 amide bonds. The third kappa shape index (κ3) is 3.94. The minimum Gasteiger partial charge on any atom is -0.387 e. The standard InChI is InChI=1S/C16H18Br2OS/c1-16(2,3)11-6-4-10(5-7-11)8-13(19)14-9-12(17)15(18)20-14/h4-7,9,13,19H,8H2,1-3H3. The summed E-state index contributed by atoms with van der Waals surface area (Å²) in [6.07, 6.45) is 0.187. The summed E-state index contributed by atoms with van der Waals surface area (Å²) < 4.78 is 2.02. The van der Waals surface area contributed by atoms with Crippen LogP contribution in [-0.2, 0) is 11.8 Å². The normalized spacial score (nSPS) is 13.5. The summed E-state index contributed by atoms with van der Waals surface area (Å²) >= 11 is 8.48. The molecule has 0 saturated heterocycles. The summed E-state index contributed by atoms with van der Waals surface area (Å²) in [5.41, 5.74) is 2.64. The van der Waals surface area contributed by atoms with E-state index in [0.717, 1.165) is 18.7 Å². The molecule has 0 fully saturated rings. The highest BCUT2D eigenvalue weighted by atomic mass is 79.9. The Morgan fingerprint density at radius 3 is 2.20 bits per heavy atom. The summed E-state index contributed by atoms with van der Waals surface area (Å²) in [7, 11) is 0. The maximum absolute atomic E-state index is 10.3. The molecule has 0 aliphatic heterocycles. The average Bonchev–Trinajstić information content (AvgIpc) is 2.69. The predicted octanol–water partition coefficient (Wildman–Crippen LogP) is 5.85. The van der Waals surface area contributed by atoms with Crippen molar-refractivity contribution in [1.82, 2.24) is 0 Å². The molecule has 1 N–H and O–H groups in total. The van der Waals surface area contributed by atoms with E-state index in [9.17, 15) is 5.11 Å². The number of rotatable bonds is 3. The number of benzene rings is 1. The first-order chi connectivity index (χ1) is 9.27. The van der Waals surface area contributed by atoms with Crippen molar-refractivity contribution in [2.75, 3.05) is 0 Å². The van der Waals surface area contributed by atoms with Gasteiger partial charge in [-0.25, -0.2) is 0 Å². The zero-order chi connectivity index (χ0) is 14.9. The molecule has 1 aromatic heterocycles. The van der Waals surface area contributed by atoms with Gasteiger partial charge in [-0.05, 0) is 54.5 Å². The smallest absolute Gasteiger partial charge is 0.0922 e. The molecule has 1 heterocycles. The van der Waals surface area contributed by atoms with Gasteiger partial charge in [0.25, 0.3) is 0 Å². The third-order valence-electron chi connectivity index (χ3n) is 3.24. The molecule has 2 rings (SSSR count). The monoisotopic (exact) mass is 416 g/mol. The minimum absolute atomic E-state index is 0.167. The van der Waals surface area contributed by atoms with Crippen molar-refractivity contribution in [2.24, 2.45) is 0 Å². The van der Waals surface area contributed by atoms with Gasteiger partial charge in [0.05, 0.1) is 9.89 Å². The lowest BCUT2D eigenvalue weighted by Gasteiger charge is -2.19. The van der Waals surface area contributed by atoms with Gasteiger partial charge in [-0.1, -0.05) is 45.0 Å². The summed E-state index contributed by atoms with van der Waals surface area (Å²) in [6, 6.07) is 10.5. The zero-order valence-corrected chi connectivity index (χ0v) is 15.8. The van der Waals surface area contributed by atoms with Crippen LogP contribution in [0.2, 0.25) is 0 Å². The molecule has 2 aromatic rings. The second-order valence-electron chi connectivity index (χ2n) is 5.94. The van der Waals surface area contributed by atoms with E-state index in [4.69, 9.17) is 0 Å². The molecule has 0 spiro atoms. The Hall–Kier alpha value is -0.160. The molecule has 1 nitrogen and oxygen atoms in total. The first-order valence-corrected chi connectivity index (χ1v) is 8.90. The summed E-state index contributed by atoms with van der Waals surface area (Å²) in [5.74, 6) is 0. The molecule has 0 aliphatic rings. The van der Waals surface area contributed by atoms with Crippen molar-refractivity contribution in [2.45, 2.75) is 38.7 Å². The van der Waals surface area contributed by atoms with Gasteiger partial charge in [-0.3, -0.25) is 0 Å². The lowest BCUT2D eigenvalue weighted by atomic mass is 9.86. The maximum Gasteiger partial charge on any atom is 0.0922 e. The number of aliphatic hydroxyl groups is 1. The Bertz CT molecular complexity index is 562. The van der Waals surface area contributed by atoms with Crippen LogP contribution in [0.3, 0.4) is 0 Å². The van der Waals surface area contributed by atoms with E-state index in [0.29, 0.717) is 6.42 Å². The van der Waals surface area contributed by atoms with Crippen LogP contribution in [0.5, 0.6) is 0 Å². The number of aliphatic hydroxyl groups excluding tert-OH is 1. The third-order valence-corrected chi connectivity index (χ3v) is 6.60. The van der Waals surface area contributed by atoms with Gasteiger partial charge in [0, 0.05) is 15.8 Å². The van der Waals surface area contributed by atoms with Gasteiger partial charge in [0.1, 0.15) is 0 Å². The highest BCUT2D eigenvalue weighted by Gasteiger charge is 2.16. The largest absolute Gasteiger partial charge is 0.387 e. The SMILES string of the molecule is CC(C)(C)c1ccc(CC(O)c2cc(Br)c(Br)s2)cc1. The Kier molecular flexibility index (Phi) is 5.11. The van der Waals surface area contributed by atoms with E-state index in [-0.39, 0.29) is 5.41 Å². The highest BCUT2D eigenvalue weighted by Crippen LogP contribution is 2.36. The molecule has 1 unspecified atom stereocenters. The van der Waals surface area contributed by atoms with E-state index < -0.39 is 6.10 Å². The molecule has 4 heteroatoms. The van der Waals surface area contributed by atoms with Crippen LogP contribution in [0.15, 0.2) is 38.6 Å². The lowest BCUT2D eigenvalue weighted by Crippen LogP contribution is -2.11. The van der Waals surface area contributed by atoms with Crippen molar-refractivity contribution < 1.29 is 5.11 Å². The van der Waals surface area contributed by atoms with E-state index in [1.807, 2.05) is 6.07 Å². The van der Waals surface area contributed by atoms with Crippen LogP contribution in [0.25, 0.3) is 0 Å². The molecular weight excluding hydrogens is 400 g/mol. The quantitative estimate of drug-likeness (QED) is 0.664. The predicted molar refractivity (Wildman–Crippen MR) is 93.5 cm³/mol. The Balaban J connectivity index is 2.10. The van der Waals surface area contributed by atoms with Gasteiger partial charge in [0.15, 0.2) is 0 Å². The van der Waals surface area contributed by atoms with Gasteiger partial charge in [-0.2, -0.15) is 0 Å². The summed E-state index contributed by atoms with van der Waals surface area (Å²) in [5, 5.41) is 10.3. The van der Waals surface area contributed by atoms with E-state index >= 15 is 0 Å². The highest BCUT2D eigenvalue weighted by molar-refractivity contribution is 9.13. The first kappa shape index (κ1) is 16.2. The lowest BCUT2D eigenvalue weighted by molar-refractivity contribution is 0.182. The molecule has 1 atom stereocenters. The maximum atomic E-state index is 10.3. The van der Waals surface area contributed by atoms with Gasteiger partial charge in [0.2, 0.25) is 0 Å². The number of halogens is 2. The Morgan fingerprint density at radius 2 is 1.75 bits per heavy atom. The van der Waals surface area contributed by atoms with E-state index in [2.05, 4.69) is 76.9 Å². The topological polar surface area (TPSA) is 20.2 Å². The van der Waals surface area contributed by atoms with Crippen molar-refractivity contribution in [3.05, 3.63) is 54.6 Å². The summed E-state index contributed by atoms with van der Waals surface area (Å²) in [4.78, 5) is 0.976. The molecular formula is C16H18Br2OS. The summed E-state index contributed by atoms with van der Waals surface area (Å²) in [6.45, 7) is 6.62. The van der Waals surface area contributed by atoms with Crippen molar-refractivity contribution >= 4 is 43.2 Å². The second-order valence-corrected chi connectivity index (χ2v) is 9.19. The van der Waals surface area contributed by atoms with Crippen LogP contribution in [0.1, 0.15) is 42.9 Å². The molecule has 0 radical (unpaired) electrons. The number of thiophene rings is 1. The van der Waals surface area contributed by atoms with Gasteiger partial charge in [-0.15, -0.1) is 11.3 Å². The van der Waals surface area contributed by atoms with Crippen LogP contribution >= 0.6 is 43.2 Å². The van der Waals surface area contributed by atoms with Gasteiger partial charge >= 0.3 is 0 Å². The fourth-order valence-corrected chi connectivity index (χ4v) is 4.07. The van der Waals surface area contributed by atoms with Crippen LogP contribution < -0.4 is 0 Å². The van der Waals surface area contributed by atoms with Crippen LogP contribution in [0.4, 0.5) is 0 Å². The number of hydrogen-bond acceptors (Lipinski definition) is 2. The molecule has 1 aromatic carbocycles. The number of hydrogen-bond donors (Lipinski definition) is 1. The van der Waals surface area contributed by atoms with Crippen molar-refractivity contribution in [1.29, 1.82) is 0 Å². The van der Waals surface area contributed by atoms with Crippen molar-refractivity contribution in [3.63, 3.8) is 0 Å². The second kappa shape index (κ2) is 6.30. The molecule has 0 saturated carbocycles. The molecule has 108 valence electrons. The fourth-order valence-electron chi connectivity index (χ4n) is 1.99. The van der Waals surface area contributed by atoms with E-state index in [1.165, 1.54) is 5.56 Å². The zero-order valence-electron chi connectivity index (χ0n) is 11.8. The molecule has 0 aliphatic carbocycles. The molecule has 0 bridgehead atoms. The van der Waals surface area contributed by atoms with E-state index in [1.54, 1.807) is 11.3 Å². The first-order valence-electron chi connectivity index (χ1n) is 6.49. The Morgan fingerprint density at radius 1 is 1.15 bits per heavy atom. The average molecular weight is 418 g/mol.